The van der Waals surface area contributed by atoms with Crippen LogP contribution in [0.2, 0.25) is 0 Å². The summed E-state index contributed by atoms with van der Waals surface area (Å²) in [5.74, 6) is 0.282. The Morgan fingerprint density at radius 2 is 1.88 bits per heavy atom. The van der Waals surface area contributed by atoms with Gasteiger partial charge in [0.1, 0.15) is 23.2 Å². The van der Waals surface area contributed by atoms with Crippen molar-refractivity contribution >= 4 is 28.9 Å². The molecule has 6 nitrogen and oxygen atoms in total. The highest BCUT2D eigenvalue weighted by Crippen LogP contribution is 2.45. The quantitative estimate of drug-likeness (QED) is 0.219. The van der Waals surface area contributed by atoms with E-state index >= 15 is 4.39 Å². The summed E-state index contributed by atoms with van der Waals surface area (Å²) in [6, 6.07) is 16.3. The average molecular weight is 595 g/mol. The van der Waals surface area contributed by atoms with Gasteiger partial charge in [-0.2, -0.15) is 4.39 Å². The fourth-order valence-corrected chi connectivity index (χ4v) is 6.49. The zero-order valence-corrected chi connectivity index (χ0v) is 25.0. The molecule has 0 spiro atoms. The number of aromatic hydroxyl groups is 1. The molecule has 2 aliphatic heterocycles. The second-order valence-corrected chi connectivity index (χ2v) is 12.6. The molecular weight excluding hydrogens is 558 g/mol. The van der Waals surface area contributed by atoms with Gasteiger partial charge in [0.05, 0.1) is 18.8 Å². The van der Waals surface area contributed by atoms with E-state index < -0.39 is 17.5 Å². The molecule has 3 heterocycles. The number of nitrogens with zero attached hydrogens (tertiary/aromatic N) is 2. The Labute approximate surface area is 249 Å². The van der Waals surface area contributed by atoms with E-state index in [2.05, 4.69) is 9.88 Å². The fourth-order valence-electron chi connectivity index (χ4n) is 5.36. The predicted molar refractivity (Wildman–Crippen MR) is 161 cm³/mol. The number of alkyl halides is 1. The smallest absolute Gasteiger partial charge is 0.312 e. The topological polar surface area (TPSA) is 71.9 Å². The highest BCUT2D eigenvalue weighted by Gasteiger charge is 2.27. The lowest BCUT2D eigenvalue weighted by Gasteiger charge is -2.25. The number of carbonyl (C=O) groups is 1. The summed E-state index contributed by atoms with van der Waals surface area (Å²) in [5.41, 5.74) is 3.45. The third-order valence-electron chi connectivity index (χ3n) is 7.17. The average Bonchev–Trinajstić information content (AvgIpc) is 3.38. The molecular formula is C33H36F2N2O4S. The van der Waals surface area contributed by atoms with E-state index in [0.717, 1.165) is 59.0 Å². The van der Waals surface area contributed by atoms with Crippen molar-refractivity contribution in [2.45, 2.75) is 56.6 Å². The van der Waals surface area contributed by atoms with Gasteiger partial charge in [0.25, 0.3) is 0 Å². The van der Waals surface area contributed by atoms with Crippen molar-refractivity contribution in [3.05, 3.63) is 82.9 Å². The maximum Gasteiger partial charge on any atom is 0.312 e. The number of rotatable bonds is 9. The van der Waals surface area contributed by atoms with Crippen molar-refractivity contribution < 1.29 is 28.2 Å². The minimum atomic E-state index is -0.648. The predicted octanol–water partition coefficient (Wildman–Crippen LogP) is 6.69. The molecule has 2 aromatic carbocycles. The molecule has 222 valence electrons. The Morgan fingerprint density at radius 1 is 1.12 bits per heavy atom. The number of thioether (sulfide) groups is 1. The van der Waals surface area contributed by atoms with Gasteiger partial charge in [0, 0.05) is 35.8 Å². The molecule has 9 heteroatoms. The molecule has 1 atom stereocenters. The molecule has 0 amide bonds. The van der Waals surface area contributed by atoms with Gasteiger partial charge in [-0.15, -0.1) is 11.8 Å². The maximum atomic E-state index is 15.6. The number of halogens is 2. The summed E-state index contributed by atoms with van der Waals surface area (Å²) < 4.78 is 39.7. The maximum absolute atomic E-state index is 15.6. The third-order valence-corrected chi connectivity index (χ3v) is 8.25. The first-order valence-electron chi connectivity index (χ1n) is 14.2. The molecule has 1 aromatic heterocycles. The van der Waals surface area contributed by atoms with E-state index in [-0.39, 0.29) is 24.9 Å². The van der Waals surface area contributed by atoms with Crippen molar-refractivity contribution in [2.75, 3.05) is 32.1 Å². The molecule has 1 N–H and O–H groups in total. The van der Waals surface area contributed by atoms with Crippen molar-refractivity contribution in [2.24, 2.45) is 0 Å². The number of aromatic nitrogens is 1. The summed E-state index contributed by atoms with van der Waals surface area (Å²) in [4.78, 5) is 19.5. The number of hydrogen-bond acceptors (Lipinski definition) is 7. The molecule has 2 aliphatic rings. The number of fused-ring (bicyclic) bond motifs is 1. The van der Waals surface area contributed by atoms with Crippen LogP contribution in [0, 0.1) is 5.95 Å². The summed E-state index contributed by atoms with van der Waals surface area (Å²) in [6.45, 7) is 7.47. The zero-order chi connectivity index (χ0) is 29.9. The highest BCUT2D eigenvalue weighted by atomic mass is 32.2. The van der Waals surface area contributed by atoms with Crippen molar-refractivity contribution in [3.8, 4) is 11.5 Å². The van der Waals surface area contributed by atoms with Crippen LogP contribution in [-0.4, -0.2) is 64.7 Å². The number of ether oxygens (including phenoxy) is 2. The van der Waals surface area contributed by atoms with Crippen LogP contribution in [-0.2, 0) is 16.0 Å². The Kier molecular flexibility index (Phi) is 9.18. The summed E-state index contributed by atoms with van der Waals surface area (Å²) in [5, 5.41) is 10.1. The largest absolute Gasteiger partial charge is 0.508 e. The van der Waals surface area contributed by atoms with Gasteiger partial charge in [-0.05, 0) is 98.4 Å². The molecule has 1 saturated heterocycles. The highest BCUT2D eigenvalue weighted by molar-refractivity contribution is 7.99. The minimum Gasteiger partial charge on any atom is -0.508 e. The second-order valence-electron chi connectivity index (χ2n) is 11.6. The Morgan fingerprint density at radius 3 is 2.60 bits per heavy atom. The molecule has 0 unspecified atom stereocenters. The van der Waals surface area contributed by atoms with E-state index in [0.29, 0.717) is 23.4 Å². The number of pyridine rings is 1. The normalized spacial score (nSPS) is 17.3. The number of phenolic OH excluding ortho intramolecular Hbond substituents is 1. The lowest BCUT2D eigenvalue weighted by atomic mass is 9.90. The SMILES string of the molecule is CC(C)(C)OC(=O)Cc1ccc(C2=C(c3ccc(O[C@H]4CCN(CCCF)C4)cc3)c3ccc(O)cc3SC2)c(F)n1. The van der Waals surface area contributed by atoms with Gasteiger partial charge in [-0.1, -0.05) is 12.1 Å². The lowest BCUT2D eigenvalue weighted by Crippen LogP contribution is -2.26. The van der Waals surface area contributed by atoms with Crippen LogP contribution in [0.5, 0.6) is 11.5 Å². The van der Waals surface area contributed by atoms with Crippen LogP contribution >= 0.6 is 11.8 Å². The molecule has 0 bridgehead atoms. The van der Waals surface area contributed by atoms with Crippen LogP contribution < -0.4 is 4.74 Å². The number of carbonyl (C=O) groups excluding carboxylic acids is 1. The van der Waals surface area contributed by atoms with Gasteiger partial charge in [-0.3, -0.25) is 14.1 Å². The van der Waals surface area contributed by atoms with Crippen molar-refractivity contribution in [1.29, 1.82) is 0 Å². The van der Waals surface area contributed by atoms with Crippen LogP contribution in [0.4, 0.5) is 8.78 Å². The van der Waals surface area contributed by atoms with E-state index in [4.69, 9.17) is 9.47 Å². The summed E-state index contributed by atoms with van der Waals surface area (Å²) in [7, 11) is 0. The van der Waals surface area contributed by atoms with Gasteiger partial charge < -0.3 is 14.6 Å². The molecule has 42 heavy (non-hydrogen) atoms. The molecule has 1 fully saturated rings. The Hall–Kier alpha value is -3.43. The number of benzene rings is 2. The van der Waals surface area contributed by atoms with Crippen molar-refractivity contribution in [1.82, 2.24) is 9.88 Å². The second kappa shape index (κ2) is 12.8. The van der Waals surface area contributed by atoms with Gasteiger partial charge >= 0.3 is 5.97 Å². The summed E-state index contributed by atoms with van der Waals surface area (Å²) >= 11 is 1.53. The zero-order valence-electron chi connectivity index (χ0n) is 24.2. The van der Waals surface area contributed by atoms with Crippen LogP contribution in [0.3, 0.4) is 0 Å². The first-order valence-corrected chi connectivity index (χ1v) is 15.2. The molecule has 0 aliphatic carbocycles. The van der Waals surface area contributed by atoms with Crippen LogP contribution in [0.25, 0.3) is 11.1 Å². The Balaban J connectivity index is 1.43. The minimum absolute atomic E-state index is 0.0550. The molecule has 0 radical (unpaired) electrons. The van der Waals surface area contributed by atoms with E-state index in [9.17, 15) is 14.3 Å². The van der Waals surface area contributed by atoms with E-state index in [1.807, 2.05) is 30.3 Å². The fraction of sp³-hybridized carbons (Fsp3) is 0.394. The number of phenols is 1. The van der Waals surface area contributed by atoms with Gasteiger partial charge in [0.15, 0.2) is 0 Å². The Bertz CT molecular complexity index is 1470. The van der Waals surface area contributed by atoms with Gasteiger partial charge in [-0.25, -0.2) is 4.98 Å². The first-order chi connectivity index (χ1) is 20.1. The van der Waals surface area contributed by atoms with Crippen LogP contribution in [0.1, 0.15) is 56.0 Å². The van der Waals surface area contributed by atoms with Crippen LogP contribution in [0.15, 0.2) is 59.5 Å². The third kappa shape index (κ3) is 7.31. The lowest BCUT2D eigenvalue weighted by molar-refractivity contribution is -0.154. The number of hydrogen-bond donors (Lipinski definition) is 1. The van der Waals surface area contributed by atoms with E-state index in [1.54, 1.807) is 45.0 Å². The van der Waals surface area contributed by atoms with Crippen molar-refractivity contribution in [3.63, 3.8) is 0 Å². The molecule has 0 saturated carbocycles. The standard InChI is InChI=1S/C33H36F2N2O4S/c1-33(2,3)41-30(39)17-22-7-11-26(32(35)36-22)28-20-42-29-18-23(38)8-12-27(29)31(28)21-5-9-24(10-6-21)40-25-13-16-37(19-25)15-4-14-34/h5-12,18,25,38H,4,13-17,19-20H2,1-3H3/t25-/m0/s1. The van der Waals surface area contributed by atoms with Gasteiger partial charge in [0.2, 0.25) is 5.95 Å². The van der Waals surface area contributed by atoms with E-state index in [1.165, 1.54) is 11.8 Å². The number of esters is 1. The molecule has 3 aromatic rings. The first kappa shape index (κ1) is 30.0. The summed E-state index contributed by atoms with van der Waals surface area (Å²) in [6.07, 6.45) is 1.37. The molecule has 5 rings (SSSR count). The monoisotopic (exact) mass is 594 g/mol. The number of likely N-dealkylation sites (tertiary alicyclic amines) is 1.